The zero-order valence-electron chi connectivity index (χ0n) is 9.88. The largest absolute Gasteiger partial charge is 0.333 e. The van der Waals surface area contributed by atoms with Gasteiger partial charge in [-0.1, -0.05) is 18.2 Å². The van der Waals surface area contributed by atoms with E-state index in [-0.39, 0.29) is 6.54 Å². The lowest BCUT2D eigenvalue weighted by atomic mass is 10.1. The van der Waals surface area contributed by atoms with Crippen LogP contribution in [0.5, 0.6) is 0 Å². The SMILES string of the molecule is N#CCn1cc(C2=CC(=O)NC2=O)c2ccccc21. The molecule has 0 unspecified atom stereocenters. The van der Waals surface area contributed by atoms with Crippen LogP contribution in [0, 0.1) is 11.3 Å². The molecule has 0 aliphatic carbocycles. The number of imide groups is 1. The van der Waals surface area contributed by atoms with E-state index in [9.17, 15) is 9.59 Å². The van der Waals surface area contributed by atoms with Gasteiger partial charge >= 0.3 is 0 Å². The molecule has 2 aromatic rings. The van der Waals surface area contributed by atoms with Gasteiger partial charge in [0.15, 0.2) is 0 Å². The first kappa shape index (κ1) is 11.2. The Hall–Kier alpha value is -2.87. The zero-order valence-corrected chi connectivity index (χ0v) is 9.88. The van der Waals surface area contributed by atoms with E-state index in [1.54, 1.807) is 10.8 Å². The highest BCUT2D eigenvalue weighted by molar-refractivity contribution is 6.35. The van der Waals surface area contributed by atoms with Gasteiger partial charge in [0.2, 0.25) is 0 Å². The number of nitrogens with zero attached hydrogens (tertiary/aromatic N) is 2. The Bertz CT molecular complexity index is 778. The Labute approximate surface area is 108 Å². The molecule has 92 valence electrons. The molecule has 19 heavy (non-hydrogen) atoms. The number of carbonyl (C=O) groups is 2. The second-order valence-corrected chi connectivity index (χ2v) is 4.22. The summed E-state index contributed by atoms with van der Waals surface area (Å²) in [5.74, 6) is -0.804. The van der Waals surface area contributed by atoms with Crippen molar-refractivity contribution in [2.24, 2.45) is 0 Å². The van der Waals surface area contributed by atoms with Gasteiger partial charge in [-0.3, -0.25) is 14.9 Å². The van der Waals surface area contributed by atoms with Crippen LogP contribution in [0.1, 0.15) is 5.56 Å². The molecule has 2 amide bonds. The number of amides is 2. The third-order valence-electron chi connectivity index (χ3n) is 3.08. The predicted molar refractivity (Wildman–Crippen MR) is 68.7 cm³/mol. The number of hydrogen-bond acceptors (Lipinski definition) is 3. The van der Waals surface area contributed by atoms with Crippen molar-refractivity contribution >= 4 is 28.3 Å². The van der Waals surface area contributed by atoms with Gasteiger partial charge in [0.25, 0.3) is 11.8 Å². The molecule has 3 rings (SSSR count). The number of nitriles is 1. The lowest BCUT2D eigenvalue weighted by molar-refractivity contribution is -0.123. The third-order valence-corrected chi connectivity index (χ3v) is 3.08. The van der Waals surface area contributed by atoms with Crippen molar-refractivity contribution < 1.29 is 9.59 Å². The van der Waals surface area contributed by atoms with Crippen LogP contribution in [-0.4, -0.2) is 16.4 Å². The Kier molecular flexibility index (Phi) is 2.43. The van der Waals surface area contributed by atoms with Crippen LogP contribution in [0.3, 0.4) is 0 Å². The first-order chi connectivity index (χ1) is 9.20. The first-order valence-electron chi connectivity index (χ1n) is 5.73. The van der Waals surface area contributed by atoms with Crippen molar-refractivity contribution in [1.29, 1.82) is 5.26 Å². The molecule has 0 fully saturated rings. The zero-order chi connectivity index (χ0) is 13.4. The summed E-state index contributed by atoms with van der Waals surface area (Å²) in [4.78, 5) is 23.0. The van der Waals surface area contributed by atoms with Gasteiger partial charge in [-0.25, -0.2) is 0 Å². The normalized spacial score (nSPS) is 14.4. The second-order valence-electron chi connectivity index (χ2n) is 4.22. The fourth-order valence-corrected chi connectivity index (χ4v) is 2.28. The number of aromatic nitrogens is 1. The molecule has 0 saturated carbocycles. The summed E-state index contributed by atoms with van der Waals surface area (Å²) >= 11 is 0. The van der Waals surface area contributed by atoms with Gasteiger partial charge in [0.05, 0.1) is 11.6 Å². The fourth-order valence-electron chi connectivity index (χ4n) is 2.28. The lowest BCUT2D eigenvalue weighted by Gasteiger charge is -1.97. The van der Waals surface area contributed by atoms with Gasteiger partial charge in [-0.15, -0.1) is 0 Å². The van der Waals surface area contributed by atoms with E-state index < -0.39 is 11.8 Å². The fraction of sp³-hybridized carbons (Fsp3) is 0.0714. The Morgan fingerprint density at radius 3 is 2.74 bits per heavy atom. The molecule has 1 aliphatic rings. The standard InChI is InChI=1S/C14H9N3O2/c15-5-6-17-8-11(9-3-1-2-4-12(9)17)10-7-13(18)16-14(10)19/h1-4,7-8H,6H2,(H,16,18,19). The summed E-state index contributed by atoms with van der Waals surface area (Å²) in [5, 5.41) is 11.9. The number of para-hydroxylation sites is 1. The number of nitrogens with one attached hydrogen (secondary N) is 1. The van der Waals surface area contributed by atoms with Crippen LogP contribution in [-0.2, 0) is 16.1 Å². The maximum absolute atomic E-state index is 11.7. The number of hydrogen-bond donors (Lipinski definition) is 1. The van der Waals surface area contributed by atoms with Crippen LogP contribution in [0.25, 0.3) is 16.5 Å². The molecule has 2 heterocycles. The molecule has 0 atom stereocenters. The minimum Gasteiger partial charge on any atom is -0.333 e. The molecule has 1 aromatic carbocycles. The van der Waals surface area contributed by atoms with E-state index in [1.807, 2.05) is 24.3 Å². The van der Waals surface area contributed by atoms with Crippen LogP contribution >= 0.6 is 0 Å². The molecule has 5 heteroatoms. The topological polar surface area (TPSA) is 74.9 Å². The van der Waals surface area contributed by atoms with Gasteiger partial charge in [-0.05, 0) is 6.07 Å². The third kappa shape index (κ3) is 1.70. The van der Waals surface area contributed by atoms with Crippen molar-refractivity contribution in [1.82, 2.24) is 9.88 Å². The van der Waals surface area contributed by atoms with Crippen molar-refractivity contribution in [2.75, 3.05) is 0 Å². The van der Waals surface area contributed by atoms with Crippen LogP contribution < -0.4 is 5.32 Å². The minimum absolute atomic E-state index is 0.198. The van der Waals surface area contributed by atoms with E-state index in [4.69, 9.17) is 5.26 Å². The van der Waals surface area contributed by atoms with Gasteiger partial charge in [-0.2, -0.15) is 5.26 Å². The minimum atomic E-state index is -0.405. The van der Waals surface area contributed by atoms with Crippen molar-refractivity contribution in [2.45, 2.75) is 6.54 Å². The summed E-state index contributed by atoms with van der Waals surface area (Å²) in [7, 11) is 0. The van der Waals surface area contributed by atoms with Crippen LogP contribution in [0.4, 0.5) is 0 Å². The second kappa shape index (κ2) is 4.10. The smallest absolute Gasteiger partial charge is 0.258 e. The number of rotatable bonds is 2. The average molecular weight is 251 g/mol. The molecular formula is C14H9N3O2. The first-order valence-corrected chi connectivity index (χ1v) is 5.73. The molecule has 1 aromatic heterocycles. The van der Waals surface area contributed by atoms with E-state index in [1.165, 1.54) is 6.08 Å². The van der Waals surface area contributed by atoms with E-state index in [0.29, 0.717) is 11.1 Å². The van der Waals surface area contributed by atoms with E-state index in [2.05, 4.69) is 11.4 Å². The number of carbonyl (C=O) groups excluding carboxylic acids is 2. The monoisotopic (exact) mass is 251 g/mol. The van der Waals surface area contributed by atoms with Crippen molar-refractivity contribution in [3.63, 3.8) is 0 Å². The Balaban J connectivity index is 2.25. The summed E-state index contributed by atoms with van der Waals surface area (Å²) in [6.45, 7) is 0.198. The highest BCUT2D eigenvalue weighted by Gasteiger charge is 2.24. The summed E-state index contributed by atoms with van der Waals surface area (Å²) in [6.07, 6.45) is 3.03. The van der Waals surface area contributed by atoms with E-state index >= 15 is 0 Å². The van der Waals surface area contributed by atoms with Crippen LogP contribution in [0.15, 0.2) is 36.5 Å². The number of benzene rings is 1. The van der Waals surface area contributed by atoms with Crippen molar-refractivity contribution in [3.05, 3.63) is 42.1 Å². The summed E-state index contributed by atoms with van der Waals surface area (Å²) in [5.41, 5.74) is 1.89. The van der Waals surface area contributed by atoms with Gasteiger partial charge in [0.1, 0.15) is 6.54 Å². The average Bonchev–Trinajstić information content (AvgIpc) is 2.91. The molecule has 0 bridgehead atoms. The molecule has 1 aliphatic heterocycles. The molecule has 0 spiro atoms. The molecule has 0 saturated heterocycles. The Morgan fingerprint density at radius 1 is 1.26 bits per heavy atom. The van der Waals surface area contributed by atoms with Gasteiger partial charge < -0.3 is 4.57 Å². The summed E-state index contributed by atoms with van der Waals surface area (Å²) in [6, 6.07) is 9.56. The maximum atomic E-state index is 11.7. The van der Waals surface area contributed by atoms with Gasteiger partial charge in [0, 0.05) is 28.7 Å². The predicted octanol–water partition coefficient (Wildman–Crippen LogP) is 1.20. The lowest BCUT2D eigenvalue weighted by Crippen LogP contribution is -2.21. The summed E-state index contributed by atoms with van der Waals surface area (Å²) < 4.78 is 1.77. The maximum Gasteiger partial charge on any atom is 0.258 e. The molecule has 1 N–H and O–H groups in total. The molecule has 5 nitrogen and oxygen atoms in total. The Morgan fingerprint density at radius 2 is 2.05 bits per heavy atom. The highest BCUT2D eigenvalue weighted by Crippen LogP contribution is 2.28. The van der Waals surface area contributed by atoms with Crippen LogP contribution in [0.2, 0.25) is 0 Å². The quantitative estimate of drug-likeness (QED) is 0.815. The molecule has 0 radical (unpaired) electrons. The van der Waals surface area contributed by atoms with Crippen molar-refractivity contribution in [3.8, 4) is 6.07 Å². The van der Waals surface area contributed by atoms with E-state index in [0.717, 1.165) is 10.9 Å². The molecular weight excluding hydrogens is 242 g/mol. The highest BCUT2D eigenvalue weighted by atomic mass is 16.2. The number of fused-ring (bicyclic) bond motifs is 1.